The van der Waals surface area contributed by atoms with Crippen molar-refractivity contribution in [2.45, 2.75) is 104 Å². The predicted octanol–water partition coefficient (Wildman–Crippen LogP) is 9.83. The van der Waals surface area contributed by atoms with Crippen molar-refractivity contribution >= 4 is 70.0 Å². The van der Waals surface area contributed by atoms with Crippen molar-refractivity contribution in [2.24, 2.45) is 0 Å². The summed E-state index contributed by atoms with van der Waals surface area (Å²) in [6.07, 6.45) is 8.16. The van der Waals surface area contributed by atoms with Gasteiger partial charge in [0.05, 0.1) is 57.3 Å². The molecule has 12 rings (SSSR count). The molecule has 0 bridgehead atoms. The Kier molecular flexibility index (Phi) is 14.9. The van der Waals surface area contributed by atoms with Crippen LogP contribution in [0.5, 0.6) is 0 Å². The summed E-state index contributed by atoms with van der Waals surface area (Å²) in [4.78, 5) is 84.0. The number of nitrogens with one attached hydrogen (secondary N) is 4. The number of carbonyl (C=O) groups excluding carboxylic acids is 4. The lowest BCUT2D eigenvalue weighted by Gasteiger charge is -2.36. The van der Waals surface area contributed by atoms with Crippen LogP contribution in [0.3, 0.4) is 0 Å². The van der Waals surface area contributed by atoms with Crippen LogP contribution in [-0.2, 0) is 33.4 Å². The molecule has 6 aliphatic heterocycles. The van der Waals surface area contributed by atoms with Crippen molar-refractivity contribution in [3.63, 3.8) is 0 Å². The number of ether oxygens (including phenoxy) is 2. The first-order valence-electron chi connectivity index (χ1n) is 29.2. The summed E-state index contributed by atoms with van der Waals surface area (Å²) >= 11 is 0. The molecular weight excluding hydrogens is 1060 g/mol. The van der Waals surface area contributed by atoms with E-state index in [2.05, 4.69) is 99.9 Å². The molecule has 84 heavy (non-hydrogen) atoms. The molecule has 20 heteroatoms. The number of anilines is 8. The summed E-state index contributed by atoms with van der Waals surface area (Å²) in [6.45, 7) is 27.0. The highest BCUT2D eigenvalue weighted by molar-refractivity contribution is 6.13. The van der Waals surface area contributed by atoms with E-state index in [0.29, 0.717) is 48.8 Å². The van der Waals surface area contributed by atoms with Gasteiger partial charge >= 0.3 is 12.2 Å². The second-order valence-electron chi connectivity index (χ2n) is 25.5. The fourth-order valence-corrected chi connectivity index (χ4v) is 12.5. The van der Waals surface area contributed by atoms with Crippen molar-refractivity contribution in [1.82, 2.24) is 40.4 Å². The molecule has 0 spiro atoms. The molecule has 2 saturated heterocycles. The summed E-state index contributed by atoms with van der Waals surface area (Å²) in [5.41, 5.74) is 9.93. The summed E-state index contributed by atoms with van der Waals surface area (Å²) in [7, 11) is 4.11. The molecule has 0 atom stereocenters. The predicted molar refractivity (Wildman–Crippen MR) is 329 cm³/mol. The van der Waals surface area contributed by atoms with Gasteiger partial charge in [-0.25, -0.2) is 34.4 Å². The zero-order chi connectivity index (χ0) is 59.6. The number of likely N-dealkylation sites (N-methyl/N-ethyl adjacent to an activating group) is 2. The van der Waals surface area contributed by atoms with Crippen LogP contribution in [-0.4, -0.2) is 144 Å². The molecule has 6 aliphatic rings. The zero-order valence-electron chi connectivity index (χ0n) is 50.5. The topological polar surface area (TPSA) is 206 Å². The van der Waals surface area contributed by atoms with Gasteiger partial charge in [-0.15, -0.1) is 0 Å². The number of hydrogen-bond donors (Lipinski definition) is 4. The maximum Gasteiger partial charge on any atom is 0.418 e. The van der Waals surface area contributed by atoms with Crippen LogP contribution in [0.2, 0.25) is 0 Å². The normalized spacial score (nSPS) is 17.7. The van der Waals surface area contributed by atoms with Crippen LogP contribution in [0.4, 0.5) is 55.6 Å². The minimum atomic E-state index is -1.01. The lowest BCUT2D eigenvalue weighted by Crippen LogP contribution is -2.50. The maximum atomic E-state index is 14.3. The van der Waals surface area contributed by atoms with E-state index in [-0.39, 0.29) is 12.0 Å². The maximum absolute atomic E-state index is 14.3. The number of nitrogens with zero attached hydrogens (tertiary/aromatic N) is 10. The van der Waals surface area contributed by atoms with Gasteiger partial charge in [-0.05, 0) is 158 Å². The molecular formula is C64H78N14O6. The molecule has 0 saturated carbocycles. The number of pyridine rings is 4. The second kappa shape index (κ2) is 21.9. The number of rotatable bonds is 8. The Labute approximate surface area is 492 Å². The highest BCUT2D eigenvalue weighted by Crippen LogP contribution is 2.50. The van der Waals surface area contributed by atoms with Crippen LogP contribution in [0.15, 0.2) is 85.5 Å². The van der Waals surface area contributed by atoms with Crippen LogP contribution >= 0.6 is 0 Å². The van der Waals surface area contributed by atoms with Gasteiger partial charge in [-0.3, -0.25) is 9.59 Å². The van der Waals surface area contributed by atoms with E-state index in [4.69, 9.17) is 9.47 Å². The third-order valence-corrected chi connectivity index (χ3v) is 16.4. The number of imide groups is 1. The van der Waals surface area contributed by atoms with Gasteiger partial charge in [0.2, 0.25) is 0 Å². The van der Waals surface area contributed by atoms with E-state index in [1.54, 1.807) is 38.1 Å². The van der Waals surface area contributed by atoms with E-state index < -0.39 is 34.3 Å². The first kappa shape index (κ1) is 57.3. The summed E-state index contributed by atoms with van der Waals surface area (Å²) in [5, 5.41) is 13.4. The fourth-order valence-electron chi connectivity index (χ4n) is 12.5. The average Bonchev–Trinajstić information content (AvgIpc) is 3.50. The SMILES string of the molecule is CN1CCc2c(-c3ccc(Nc4ccc(N5CCN(C(=O)OC(C)(C)C)CC5)cn4)c4c3C(C)(C)N(C(=O)OC(C)(C)C)C4=O)ccnc21.CN1CCc2c(-c3ccc(Nc4ccc(N5CCNCC5)cn4)c4c3C(C)(C)NC4=O)ccnc21. The largest absolute Gasteiger partial charge is 0.444 e. The van der Waals surface area contributed by atoms with Crippen LogP contribution in [0, 0.1) is 0 Å². The molecule has 6 aromatic rings. The van der Waals surface area contributed by atoms with E-state index >= 15 is 0 Å². The minimum Gasteiger partial charge on any atom is -0.444 e. The number of amides is 4. The van der Waals surface area contributed by atoms with Gasteiger partial charge in [-0.1, -0.05) is 12.1 Å². The number of hydrogen-bond acceptors (Lipinski definition) is 17. The molecule has 4 aromatic heterocycles. The average molecular weight is 1140 g/mol. The highest BCUT2D eigenvalue weighted by atomic mass is 16.6. The van der Waals surface area contributed by atoms with E-state index in [1.807, 2.05) is 96.5 Å². The van der Waals surface area contributed by atoms with Crippen molar-refractivity contribution in [1.29, 1.82) is 0 Å². The molecule has 0 radical (unpaired) electrons. The molecule has 4 amide bonds. The van der Waals surface area contributed by atoms with Crippen LogP contribution in [0.25, 0.3) is 22.3 Å². The smallest absolute Gasteiger partial charge is 0.418 e. The van der Waals surface area contributed by atoms with Gasteiger partial charge in [0.1, 0.15) is 34.5 Å². The van der Waals surface area contributed by atoms with E-state index in [1.165, 1.54) is 10.5 Å². The number of fused-ring (bicyclic) bond motifs is 4. The molecule has 0 unspecified atom stereocenters. The minimum absolute atomic E-state index is 0.0605. The first-order valence-corrected chi connectivity index (χ1v) is 29.2. The third-order valence-electron chi connectivity index (χ3n) is 16.4. The van der Waals surface area contributed by atoms with Crippen molar-refractivity contribution in [2.75, 3.05) is 110 Å². The summed E-state index contributed by atoms with van der Waals surface area (Å²) in [6, 6.07) is 20.0. The third kappa shape index (κ3) is 11.1. The zero-order valence-corrected chi connectivity index (χ0v) is 50.5. The number of piperazine rings is 2. The Balaban J connectivity index is 0.000000185. The van der Waals surface area contributed by atoms with Crippen molar-refractivity contribution in [3.05, 3.63) is 119 Å². The molecule has 10 heterocycles. The molecule has 20 nitrogen and oxygen atoms in total. The van der Waals surface area contributed by atoms with Crippen LogP contribution in [0.1, 0.15) is 112 Å². The monoisotopic (exact) mass is 1140 g/mol. The second-order valence-corrected chi connectivity index (χ2v) is 25.5. The Bertz CT molecular complexity index is 3540. The Morgan fingerprint density at radius 3 is 1.55 bits per heavy atom. The van der Waals surface area contributed by atoms with E-state index in [9.17, 15) is 19.2 Å². The highest BCUT2D eigenvalue weighted by Gasteiger charge is 2.51. The number of benzene rings is 2. The molecule has 4 N–H and O–H groups in total. The molecule has 2 fully saturated rings. The van der Waals surface area contributed by atoms with Gasteiger partial charge in [0.25, 0.3) is 11.8 Å². The molecule has 440 valence electrons. The summed E-state index contributed by atoms with van der Waals surface area (Å²) < 4.78 is 11.3. The molecule has 0 aliphatic carbocycles. The Morgan fingerprint density at radius 2 is 1.05 bits per heavy atom. The lowest BCUT2D eigenvalue weighted by molar-refractivity contribution is 0.00927. The fraction of sp³-hybridized carbons (Fsp3) is 0.438. The van der Waals surface area contributed by atoms with Gasteiger partial charge in [0.15, 0.2) is 0 Å². The van der Waals surface area contributed by atoms with Crippen molar-refractivity contribution in [3.8, 4) is 22.3 Å². The quantitative estimate of drug-likeness (QED) is 0.112. The Morgan fingerprint density at radius 1 is 0.560 bits per heavy atom. The van der Waals surface area contributed by atoms with Gasteiger partial charge in [-0.2, -0.15) is 0 Å². The number of carbonyl (C=O) groups is 4. The standard InChI is InChI=1S/C37H47N7O5.C27H31N7O/c1-35(2,3)48-33(46)43-20-18-42(19-21-43)23-10-13-28(39-22-23)40-27-12-11-25(24-14-16-38-31-26(24)15-17-41(31)9)30-29(27)32(45)44(37(30,7)8)34(47)49-36(4,5)6;1-27(2)24-19(18-8-10-29-25-20(18)9-13-33(25)3)5-6-21(23(24)26(35)32-27)31-22-7-4-17(16-30-22)34-14-11-28-12-15-34/h10-14,16,22H,15,17-21H2,1-9H3,(H,39,40);4-8,10,16,28H,9,11-15H2,1-3H3,(H,30,31)(H,32,35). The van der Waals surface area contributed by atoms with Crippen molar-refractivity contribution < 1.29 is 28.7 Å². The van der Waals surface area contributed by atoms with Gasteiger partial charge in [0, 0.05) is 109 Å². The molecule has 2 aromatic carbocycles. The van der Waals surface area contributed by atoms with Gasteiger partial charge < -0.3 is 55.2 Å². The Hall–Kier alpha value is -8.52. The lowest BCUT2D eigenvalue weighted by atomic mass is 9.84. The van der Waals surface area contributed by atoms with Crippen LogP contribution < -0.4 is 40.9 Å². The number of aromatic nitrogens is 4. The van der Waals surface area contributed by atoms with E-state index in [0.717, 1.165) is 126 Å². The summed E-state index contributed by atoms with van der Waals surface area (Å²) in [5.74, 6) is 2.74. The first-order chi connectivity index (χ1) is 39.9.